The highest BCUT2D eigenvalue weighted by atomic mass is 16.6. The summed E-state index contributed by atoms with van der Waals surface area (Å²) < 4.78 is 0. The third-order valence-electron chi connectivity index (χ3n) is 3.58. The average Bonchev–Trinajstić information content (AvgIpc) is 3.06. The highest BCUT2D eigenvalue weighted by Crippen LogP contribution is 2.30. The van der Waals surface area contributed by atoms with Gasteiger partial charge in [-0.1, -0.05) is 30.3 Å². The molecule has 0 spiro atoms. The largest absolute Gasteiger partial charge is 0.502 e. The van der Waals surface area contributed by atoms with Crippen molar-refractivity contribution in [2.24, 2.45) is 5.73 Å². The quantitative estimate of drug-likeness (QED) is 0.487. The molecule has 0 saturated carbocycles. The SMILES string of the molecule is N[C@H](Cc1ccccc1)c1nc(-c2ccc(O)c([N+](=O)[O-])c2)n[nH]1. The predicted octanol–water partition coefficient (Wildman–Crippen LogP) is 2.33. The third-order valence-corrected chi connectivity index (χ3v) is 3.58. The molecule has 122 valence electrons. The number of nitro groups is 1. The molecule has 0 bridgehead atoms. The normalized spacial score (nSPS) is 12.0. The number of hydrogen-bond donors (Lipinski definition) is 3. The second-order valence-corrected chi connectivity index (χ2v) is 5.30. The fraction of sp³-hybridized carbons (Fsp3) is 0.125. The number of aromatic nitrogens is 3. The Kier molecular flexibility index (Phi) is 4.21. The molecule has 0 aliphatic rings. The summed E-state index contributed by atoms with van der Waals surface area (Å²) in [4.78, 5) is 14.6. The fourth-order valence-electron chi connectivity index (χ4n) is 2.34. The van der Waals surface area contributed by atoms with E-state index in [0.717, 1.165) is 5.56 Å². The Morgan fingerprint density at radius 1 is 1.25 bits per heavy atom. The van der Waals surface area contributed by atoms with E-state index in [1.807, 2.05) is 30.3 Å². The molecule has 0 radical (unpaired) electrons. The lowest BCUT2D eigenvalue weighted by atomic mass is 10.1. The summed E-state index contributed by atoms with van der Waals surface area (Å²) in [5.41, 5.74) is 7.24. The maximum atomic E-state index is 10.9. The smallest absolute Gasteiger partial charge is 0.311 e. The van der Waals surface area contributed by atoms with Crippen LogP contribution in [0.2, 0.25) is 0 Å². The molecular weight excluding hydrogens is 310 g/mol. The van der Waals surface area contributed by atoms with Crippen LogP contribution in [-0.4, -0.2) is 25.2 Å². The van der Waals surface area contributed by atoms with Crippen molar-refractivity contribution >= 4 is 5.69 Å². The molecule has 1 heterocycles. The van der Waals surface area contributed by atoms with Gasteiger partial charge in [0, 0.05) is 11.6 Å². The molecule has 0 aliphatic carbocycles. The van der Waals surface area contributed by atoms with Crippen molar-refractivity contribution in [1.82, 2.24) is 15.2 Å². The van der Waals surface area contributed by atoms with Gasteiger partial charge in [0.15, 0.2) is 11.6 Å². The number of rotatable bonds is 5. The molecule has 8 heteroatoms. The zero-order valence-corrected chi connectivity index (χ0v) is 12.6. The Morgan fingerprint density at radius 2 is 2.00 bits per heavy atom. The Balaban J connectivity index is 1.83. The number of nitrogens with two attached hydrogens (primary N) is 1. The number of H-pyrrole nitrogens is 1. The van der Waals surface area contributed by atoms with E-state index in [1.165, 1.54) is 18.2 Å². The molecule has 24 heavy (non-hydrogen) atoms. The maximum absolute atomic E-state index is 10.9. The first-order chi connectivity index (χ1) is 11.5. The van der Waals surface area contributed by atoms with Crippen LogP contribution in [0.1, 0.15) is 17.4 Å². The van der Waals surface area contributed by atoms with Gasteiger partial charge in [-0.25, -0.2) is 4.98 Å². The molecule has 3 aromatic rings. The van der Waals surface area contributed by atoms with E-state index in [-0.39, 0.29) is 11.9 Å². The highest BCUT2D eigenvalue weighted by molar-refractivity contribution is 5.63. The van der Waals surface area contributed by atoms with Gasteiger partial charge < -0.3 is 10.8 Å². The van der Waals surface area contributed by atoms with Crippen LogP contribution in [0, 0.1) is 10.1 Å². The minimum Gasteiger partial charge on any atom is -0.502 e. The first-order valence-corrected chi connectivity index (χ1v) is 7.24. The molecule has 0 fully saturated rings. The maximum Gasteiger partial charge on any atom is 0.311 e. The Labute approximate surface area is 137 Å². The molecule has 1 aromatic heterocycles. The van der Waals surface area contributed by atoms with Gasteiger partial charge in [0.1, 0.15) is 5.82 Å². The molecule has 0 unspecified atom stereocenters. The van der Waals surface area contributed by atoms with Crippen molar-refractivity contribution in [3.8, 4) is 17.1 Å². The molecule has 0 saturated heterocycles. The second kappa shape index (κ2) is 6.47. The fourth-order valence-corrected chi connectivity index (χ4v) is 2.34. The number of nitrogens with one attached hydrogen (secondary N) is 1. The van der Waals surface area contributed by atoms with Crippen LogP contribution < -0.4 is 5.73 Å². The number of hydrogen-bond acceptors (Lipinski definition) is 6. The van der Waals surface area contributed by atoms with E-state index in [0.29, 0.717) is 17.8 Å². The molecule has 3 rings (SSSR count). The summed E-state index contributed by atoms with van der Waals surface area (Å²) >= 11 is 0. The number of nitrogens with zero attached hydrogens (tertiary/aromatic N) is 3. The topological polar surface area (TPSA) is 131 Å². The summed E-state index contributed by atoms with van der Waals surface area (Å²) in [6, 6.07) is 13.4. The van der Waals surface area contributed by atoms with E-state index in [9.17, 15) is 15.2 Å². The second-order valence-electron chi connectivity index (χ2n) is 5.30. The van der Waals surface area contributed by atoms with Crippen LogP contribution >= 0.6 is 0 Å². The van der Waals surface area contributed by atoms with Gasteiger partial charge in [-0.3, -0.25) is 15.2 Å². The van der Waals surface area contributed by atoms with Crippen molar-refractivity contribution in [2.45, 2.75) is 12.5 Å². The van der Waals surface area contributed by atoms with E-state index in [4.69, 9.17) is 5.73 Å². The Hall–Kier alpha value is -3.26. The lowest BCUT2D eigenvalue weighted by Gasteiger charge is -2.07. The molecule has 2 aromatic carbocycles. The molecule has 0 aliphatic heterocycles. The first-order valence-electron chi connectivity index (χ1n) is 7.24. The molecule has 4 N–H and O–H groups in total. The predicted molar refractivity (Wildman–Crippen MR) is 87.2 cm³/mol. The summed E-state index contributed by atoms with van der Waals surface area (Å²) in [7, 11) is 0. The van der Waals surface area contributed by atoms with Gasteiger partial charge in [-0.2, -0.15) is 5.10 Å². The van der Waals surface area contributed by atoms with Crippen LogP contribution in [-0.2, 0) is 6.42 Å². The number of benzene rings is 2. The average molecular weight is 325 g/mol. The van der Waals surface area contributed by atoms with Crippen molar-refractivity contribution in [2.75, 3.05) is 0 Å². The van der Waals surface area contributed by atoms with Crippen LogP contribution in [0.5, 0.6) is 5.75 Å². The Bertz CT molecular complexity index is 863. The number of phenols is 1. The zero-order valence-electron chi connectivity index (χ0n) is 12.6. The van der Waals surface area contributed by atoms with E-state index in [2.05, 4.69) is 15.2 Å². The number of aromatic amines is 1. The van der Waals surface area contributed by atoms with Gasteiger partial charge in [-0.05, 0) is 24.1 Å². The van der Waals surface area contributed by atoms with Crippen molar-refractivity contribution in [3.63, 3.8) is 0 Å². The van der Waals surface area contributed by atoms with E-state index < -0.39 is 16.4 Å². The summed E-state index contributed by atoms with van der Waals surface area (Å²) in [5.74, 6) is 0.376. The van der Waals surface area contributed by atoms with Crippen LogP contribution in [0.4, 0.5) is 5.69 Å². The number of aromatic hydroxyl groups is 1. The first kappa shape index (κ1) is 15.6. The van der Waals surface area contributed by atoms with E-state index in [1.54, 1.807) is 0 Å². The summed E-state index contributed by atoms with van der Waals surface area (Å²) in [6.45, 7) is 0. The van der Waals surface area contributed by atoms with Gasteiger partial charge in [-0.15, -0.1) is 0 Å². The number of nitro benzene ring substituents is 1. The van der Waals surface area contributed by atoms with Crippen LogP contribution in [0.15, 0.2) is 48.5 Å². The monoisotopic (exact) mass is 325 g/mol. The highest BCUT2D eigenvalue weighted by Gasteiger charge is 2.18. The zero-order chi connectivity index (χ0) is 17.1. The molecule has 8 nitrogen and oxygen atoms in total. The van der Waals surface area contributed by atoms with Crippen molar-refractivity contribution in [1.29, 1.82) is 0 Å². The minimum absolute atomic E-state index is 0.289. The standard InChI is InChI=1S/C16H15N5O3/c17-12(8-10-4-2-1-3-5-10)16-18-15(19-20-16)11-6-7-14(22)13(9-11)21(23)24/h1-7,9,12,22H,8,17H2,(H,18,19,20)/t12-/m1/s1. The van der Waals surface area contributed by atoms with Gasteiger partial charge in [0.2, 0.25) is 0 Å². The lowest BCUT2D eigenvalue weighted by Crippen LogP contribution is -2.15. The lowest BCUT2D eigenvalue weighted by molar-refractivity contribution is -0.385. The van der Waals surface area contributed by atoms with Crippen LogP contribution in [0.3, 0.4) is 0 Å². The van der Waals surface area contributed by atoms with E-state index >= 15 is 0 Å². The van der Waals surface area contributed by atoms with Gasteiger partial charge >= 0.3 is 5.69 Å². The summed E-state index contributed by atoms with van der Waals surface area (Å²) in [5, 5.41) is 27.2. The van der Waals surface area contributed by atoms with Gasteiger partial charge in [0.25, 0.3) is 0 Å². The molecule has 1 atom stereocenters. The molecular formula is C16H15N5O3. The van der Waals surface area contributed by atoms with Crippen molar-refractivity contribution in [3.05, 3.63) is 70.0 Å². The number of phenolic OH excluding ortho intramolecular Hbond substituents is 1. The summed E-state index contributed by atoms with van der Waals surface area (Å²) in [6.07, 6.45) is 0.588. The van der Waals surface area contributed by atoms with Crippen molar-refractivity contribution < 1.29 is 10.0 Å². The minimum atomic E-state index is -0.659. The van der Waals surface area contributed by atoms with Gasteiger partial charge in [0.05, 0.1) is 11.0 Å². The van der Waals surface area contributed by atoms with Crippen LogP contribution in [0.25, 0.3) is 11.4 Å². The molecule has 0 amide bonds. The third kappa shape index (κ3) is 3.23. The Morgan fingerprint density at radius 3 is 2.71 bits per heavy atom.